The average Bonchev–Trinajstić information content (AvgIpc) is 1.20. The number of carbonyl (C=O) groups is 10. The van der Waals surface area contributed by atoms with Crippen molar-refractivity contribution >= 4 is 59.7 Å². The predicted octanol–water partition coefficient (Wildman–Crippen LogP) is 17.4. The summed E-state index contributed by atoms with van der Waals surface area (Å²) in [5.41, 5.74) is -14.9. The van der Waals surface area contributed by atoms with E-state index in [-0.39, 0.29) is 115 Å². The predicted molar refractivity (Wildman–Crippen MR) is 480 cm³/mol. The normalized spacial score (nSPS) is 16.6. The third kappa shape index (κ3) is 53.6. The molecule has 11 atom stereocenters. The summed E-state index contributed by atoms with van der Waals surface area (Å²) >= 11 is 0. The largest absolute Gasteiger partial charge is 0.465 e. The summed E-state index contributed by atoms with van der Waals surface area (Å²) in [7, 11) is 0. The van der Waals surface area contributed by atoms with Crippen LogP contribution in [0.4, 0.5) is 26.3 Å². The van der Waals surface area contributed by atoms with Gasteiger partial charge >= 0.3 is 77.6 Å². The minimum absolute atomic E-state index is 0.0656. The van der Waals surface area contributed by atoms with Gasteiger partial charge in [-0.1, -0.05) is 158 Å². The maximum absolute atomic E-state index is 12.3. The van der Waals surface area contributed by atoms with Crippen molar-refractivity contribution in [1.82, 2.24) is 0 Å². The van der Waals surface area contributed by atoms with E-state index in [1.807, 2.05) is 132 Å². The molecule has 0 radical (unpaired) electrons. The number of aliphatic hydroxyl groups is 8. The highest BCUT2D eigenvalue weighted by Crippen LogP contribution is 2.45. The van der Waals surface area contributed by atoms with Gasteiger partial charge in [-0.25, -0.2) is 9.59 Å². The second-order valence-corrected chi connectivity index (χ2v) is 39.8. The monoisotopic (exact) mass is 1880 g/mol. The average molecular weight is 1880 g/mol. The summed E-state index contributed by atoms with van der Waals surface area (Å²) < 4.78 is 124. The topological polar surface area (TPSA) is 425 Å². The van der Waals surface area contributed by atoms with E-state index < -0.39 is 123 Å². The summed E-state index contributed by atoms with van der Waals surface area (Å²) in [5, 5.41) is 77.1. The molecule has 2 aliphatic carbocycles. The van der Waals surface area contributed by atoms with Crippen molar-refractivity contribution < 1.29 is 163 Å². The van der Waals surface area contributed by atoms with Crippen LogP contribution in [-0.2, 0) is 95.3 Å². The van der Waals surface area contributed by atoms with Gasteiger partial charge in [-0.05, 0) is 219 Å². The van der Waals surface area contributed by atoms with Crippen molar-refractivity contribution in [1.29, 1.82) is 0 Å². The molecule has 0 saturated heterocycles. The van der Waals surface area contributed by atoms with Crippen LogP contribution in [0.2, 0.25) is 0 Å². The van der Waals surface area contributed by atoms with Crippen LogP contribution in [0.5, 0.6) is 0 Å². The molecule has 0 spiro atoms. The van der Waals surface area contributed by atoms with Crippen molar-refractivity contribution in [2.75, 3.05) is 33.0 Å². The second-order valence-electron chi connectivity index (χ2n) is 39.8. The molecule has 0 aromatic heterocycles. The van der Waals surface area contributed by atoms with Crippen LogP contribution in [0.25, 0.3) is 0 Å². The minimum Gasteiger partial charge on any atom is -0.465 e. The molecule has 8 N–H and O–H groups in total. The number of ether oxygens (including phenoxy) is 10. The van der Waals surface area contributed by atoms with E-state index in [0.29, 0.717) is 18.8 Å². The standard InChI is InChI=1S/C14H26O5.C14H26O3.C13H24O3.C12H24O3.C11H14F6O5.2C11H22O3.C9H18O3/c1-7-10(2)11(15)18-8-13(3,4)9-19-12(16)14(5,6)17;1-5-10(2)13(15)17-12(14(3,4)16)11-8-6-7-9-11;1-5-10(2)11(14)16-13(12(3,4)15)8-6-7-9-13;1-7-9(4)11(13)15-10(8(2)3)12(5,6)14;1-3-6(2)7(18)21-4-5-22-8(19)9(20,10(12,13)14)11(15,16)17;1-7-8(2)9(12)14-11(5,6)10(3,4)13;1-6-8(3)10(12)14-9(7-2)11(4,5)13;1-5-7(2)8(10)12-6-9(3,4)11/h10,17H,7-9H2,1-6H3;10-12,16H,5-9H2,1-4H3;10,15H,5-9H2,1-4H3;8-10,14H,7H2,1-6H3;6,20H,3-5H2,1-2H3;8,13H,7H2,1-6H3;8-9,13H,6-7H2,1-5H3;7,11H,5-6H2,1-4H3. The lowest BCUT2D eigenvalue weighted by molar-refractivity contribution is -0.357. The Morgan fingerprint density at radius 1 is 0.357 bits per heavy atom. The summed E-state index contributed by atoms with van der Waals surface area (Å²) in [6.07, 6.45) is 0.610. The fourth-order valence-corrected chi connectivity index (χ4v) is 10.7. The first-order valence-electron chi connectivity index (χ1n) is 45.8. The zero-order valence-corrected chi connectivity index (χ0v) is 85.6. The van der Waals surface area contributed by atoms with E-state index in [1.54, 1.807) is 104 Å². The third-order valence-corrected chi connectivity index (χ3v) is 22.4. The number of alkyl halides is 6. The molecule has 2 saturated carbocycles. The molecule has 0 aromatic rings. The second kappa shape index (κ2) is 59.6. The maximum atomic E-state index is 12.3. The Hall–Kier alpha value is -6.04. The fourth-order valence-electron chi connectivity index (χ4n) is 10.7. The fraction of sp³-hybridized carbons (Fsp3) is 0.895. The molecule has 2 rings (SSSR count). The van der Waals surface area contributed by atoms with Gasteiger partial charge in [0.25, 0.3) is 0 Å². The van der Waals surface area contributed by atoms with Gasteiger partial charge in [-0.2, -0.15) is 26.3 Å². The van der Waals surface area contributed by atoms with Gasteiger partial charge in [0.05, 0.1) is 94.2 Å². The lowest BCUT2D eigenvalue weighted by Crippen LogP contribution is -2.63. The smallest absolute Gasteiger partial charge is 0.437 e. The molecule has 2 aliphatic rings. The van der Waals surface area contributed by atoms with E-state index >= 15 is 0 Å². The Morgan fingerprint density at radius 2 is 0.682 bits per heavy atom. The van der Waals surface area contributed by atoms with Crippen molar-refractivity contribution in [2.45, 2.75) is 452 Å². The van der Waals surface area contributed by atoms with Crippen molar-refractivity contribution in [3.8, 4) is 0 Å². The van der Waals surface area contributed by atoms with Gasteiger partial charge in [0, 0.05) is 5.41 Å². The Labute approximate surface area is 768 Å². The first-order valence-corrected chi connectivity index (χ1v) is 45.8. The third-order valence-electron chi connectivity index (χ3n) is 22.4. The van der Waals surface area contributed by atoms with Gasteiger partial charge in [0.15, 0.2) is 5.60 Å². The van der Waals surface area contributed by atoms with E-state index in [9.17, 15) is 110 Å². The van der Waals surface area contributed by atoms with Gasteiger partial charge in [-0.3, -0.25) is 38.4 Å². The lowest BCUT2D eigenvalue weighted by atomic mass is 9.84. The van der Waals surface area contributed by atoms with E-state index in [4.69, 9.17) is 43.0 Å². The van der Waals surface area contributed by atoms with Crippen LogP contribution >= 0.6 is 0 Å². The van der Waals surface area contributed by atoms with Gasteiger partial charge in [-0.15, -0.1) is 0 Å². The van der Waals surface area contributed by atoms with E-state index in [1.165, 1.54) is 33.6 Å². The highest BCUT2D eigenvalue weighted by Gasteiger charge is 2.77. The molecule has 766 valence electrons. The zero-order valence-electron chi connectivity index (χ0n) is 85.6. The van der Waals surface area contributed by atoms with Crippen LogP contribution < -0.4 is 0 Å². The molecule has 0 heterocycles. The van der Waals surface area contributed by atoms with Crippen LogP contribution in [0.15, 0.2) is 0 Å². The quantitative estimate of drug-likeness (QED) is 0.0122. The molecular formula is C95H176F6O28. The number of halogens is 6. The molecule has 34 heteroatoms. The number of hydrogen-bond donors (Lipinski definition) is 8. The SMILES string of the molecule is CCC(C)C(=O)OC(C(C)C)C(C)(C)O.CCC(C)C(=O)OC(C)(C)C(C)(C)O.CCC(C)C(=O)OC(C1CCCC1)C(C)(C)O.CCC(C)C(=O)OC(CC)C(C)(C)O.CCC(C)C(=O)OC1(C(C)(C)O)CCCC1.CCC(C)C(=O)OCC(C)(C)COC(=O)C(C)(C)O.CCC(C)C(=O)OCC(C)(C)O.CCC(C)C(=O)OCCOC(=O)C(O)(C(F)(F)F)C(F)(F)F. The number of hydrogen-bond acceptors (Lipinski definition) is 28. The number of carbonyl (C=O) groups excluding carboxylic acids is 10. The van der Waals surface area contributed by atoms with Gasteiger partial charge in [0.1, 0.15) is 49.3 Å². The van der Waals surface area contributed by atoms with Crippen molar-refractivity contribution in [2.24, 2.45) is 64.6 Å². The molecule has 0 bridgehead atoms. The first kappa shape index (κ1) is 134. The van der Waals surface area contributed by atoms with Gasteiger partial charge < -0.3 is 88.2 Å². The number of rotatable bonds is 40. The highest BCUT2D eigenvalue weighted by molar-refractivity contribution is 5.82. The van der Waals surface area contributed by atoms with Crippen molar-refractivity contribution in [3.63, 3.8) is 0 Å². The first-order chi connectivity index (χ1) is 58.0. The number of esters is 10. The van der Waals surface area contributed by atoms with Gasteiger partial charge in [0.2, 0.25) is 0 Å². The van der Waals surface area contributed by atoms with Crippen LogP contribution in [0.1, 0.15) is 365 Å². The molecule has 0 aromatic carbocycles. The summed E-state index contributed by atoms with van der Waals surface area (Å²) in [4.78, 5) is 114. The van der Waals surface area contributed by atoms with Crippen LogP contribution in [0, 0.1) is 64.6 Å². The molecule has 0 aliphatic heterocycles. The van der Waals surface area contributed by atoms with Crippen LogP contribution in [-0.4, -0.2) is 220 Å². The Bertz CT molecular complexity index is 3190. The Kier molecular flexibility index (Phi) is 61.8. The zero-order chi connectivity index (χ0) is 103. The minimum atomic E-state index is -6.31. The molecule has 0 amide bonds. The highest BCUT2D eigenvalue weighted by atomic mass is 19.4. The van der Waals surface area contributed by atoms with Crippen LogP contribution in [0.3, 0.4) is 0 Å². The molecule has 11 unspecified atom stereocenters. The van der Waals surface area contributed by atoms with E-state index in [0.717, 1.165) is 83.5 Å². The molecule has 28 nitrogen and oxygen atoms in total. The Balaban J connectivity index is -0.000000337. The lowest BCUT2D eigenvalue weighted by Gasteiger charge is -2.40. The molecular weight excluding hydrogens is 1700 g/mol. The molecule has 2 fully saturated rings. The summed E-state index contributed by atoms with van der Waals surface area (Å²) in [6, 6.07) is 0. The summed E-state index contributed by atoms with van der Waals surface area (Å²) in [5.74, 6) is -6.68. The van der Waals surface area contributed by atoms with Crippen molar-refractivity contribution in [3.05, 3.63) is 0 Å². The summed E-state index contributed by atoms with van der Waals surface area (Å²) in [6.45, 7) is 63.8. The Morgan fingerprint density at radius 3 is 0.992 bits per heavy atom. The van der Waals surface area contributed by atoms with E-state index in [2.05, 4.69) is 9.47 Å². The maximum Gasteiger partial charge on any atom is 0.437 e. The molecule has 129 heavy (non-hydrogen) atoms.